The molecule has 9 heterocycles. The Morgan fingerprint density at radius 1 is 0.831 bits per heavy atom. The maximum absolute atomic E-state index is 13.3. The zero-order valence-corrected chi connectivity index (χ0v) is 34.4. The molecule has 0 bridgehead atoms. The number of carbonyl (C=O) groups excluding carboxylic acids is 3. The van der Waals surface area contributed by atoms with Crippen LogP contribution in [-0.2, 0) is 48.3 Å². The molecule has 2 saturated heterocycles. The first-order chi connectivity index (χ1) is 28.1. The molecule has 0 unspecified atom stereocenters. The smallest absolute Gasteiger partial charge is 0.410 e. The Labute approximate surface area is 345 Å². The summed E-state index contributed by atoms with van der Waals surface area (Å²) in [6.07, 6.45) is 8.20. The van der Waals surface area contributed by atoms with Crippen LogP contribution in [0.25, 0.3) is 33.8 Å². The van der Waals surface area contributed by atoms with Crippen LogP contribution >= 0.6 is 11.6 Å². The fourth-order valence-electron chi connectivity index (χ4n) is 10.4. The molecule has 0 radical (unpaired) electrons. The molecule has 6 aliphatic rings. The van der Waals surface area contributed by atoms with Gasteiger partial charge in [-0.05, 0) is 100 Å². The van der Waals surface area contributed by atoms with E-state index in [1.165, 1.54) is 23.5 Å². The minimum Gasteiger partial charge on any atom is -0.444 e. The molecule has 15 heteroatoms. The van der Waals surface area contributed by atoms with E-state index >= 15 is 0 Å². The lowest BCUT2D eigenvalue weighted by atomic mass is 9.72. The average molecular weight is 818 g/mol. The number of amides is 3. The topological polar surface area (TPSA) is 150 Å². The van der Waals surface area contributed by atoms with Crippen molar-refractivity contribution in [3.8, 4) is 33.8 Å². The van der Waals surface area contributed by atoms with E-state index in [0.717, 1.165) is 106 Å². The largest absolute Gasteiger partial charge is 0.444 e. The van der Waals surface area contributed by atoms with E-state index in [1.807, 2.05) is 39.2 Å². The average Bonchev–Trinajstić information content (AvgIpc) is 3.72. The van der Waals surface area contributed by atoms with Crippen LogP contribution in [0.5, 0.6) is 0 Å². The molecule has 2 spiro atoms. The normalized spacial score (nSPS) is 19.0. The van der Waals surface area contributed by atoms with Gasteiger partial charge in [0.05, 0.1) is 39.0 Å². The number of hydrogen-bond acceptors (Lipinski definition) is 8. The number of pyridine rings is 3. The van der Waals surface area contributed by atoms with Crippen molar-refractivity contribution in [2.75, 3.05) is 46.3 Å². The highest BCUT2D eigenvalue weighted by molar-refractivity contribution is 6.29. The lowest BCUT2D eigenvalue weighted by molar-refractivity contribution is -0.0113. The predicted octanol–water partition coefficient (Wildman–Crippen LogP) is 5.37. The summed E-state index contributed by atoms with van der Waals surface area (Å²) in [5.74, 6) is -0.513. The lowest BCUT2D eigenvalue weighted by Gasteiger charge is -2.51. The molecule has 2 aliphatic carbocycles. The fraction of sp³-hybridized carbons (Fsp3) is 0.409. The van der Waals surface area contributed by atoms with Gasteiger partial charge in [-0.2, -0.15) is 4.39 Å². The molecule has 0 saturated carbocycles. The van der Waals surface area contributed by atoms with Crippen LogP contribution in [0.2, 0.25) is 5.15 Å². The number of aromatic nitrogens is 5. The Morgan fingerprint density at radius 3 is 2.20 bits per heavy atom. The predicted molar refractivity (Wildman–Crippen MR) is 219 cm³/mol. The minimum atomic E-state index is -0.533. The van der Waals surface area contributed by atoms with Crippen LogP contribution in [-0.4, -0.2) is 104 Å². The summed E-state index contributed by atoms with van der Waals surface area (Å²) in [6.45, 7) is 9.69. The van der Waals surface area contributed by atoms with Crippen molar-refractivity contribution >= 4 is 29.5 Å². The van der Waals surface area contributed by atoms with E-state index in [2.05, 4.69) is 60.2 Å². The molecule has 2 fully saturated rings. The third-order valence-electron chi connectivity index (χ3n) is 12.8. The van der Waals surface area contributed by atoms with Gasteiger partial charge in [0.25, 0.3) is 11.8 Å². The van der Waals surface area contributed by atoms with E-state index in [1.54, 1.807) is 11.0 Å². The first kappa shape index (κ1) is 37.7. The van der Waals surface area contributed by atoms with Crippen molar-refractivity contribution in [3.63, 3.8) is 0 Å². The van der Waals surface area contributed by atoms with Gasteiger partial charge in [0, 0.05) is 93.0 Å². The number of aromatic amines is 1. The summed E-state index contributed by atoms with van der Waals surface area (Å²) in [7, 11) is 4.21. The van der Waals surface area contributed by atoms with Gasteiger partial charge in [-0.3, -0.25) is 14.6 Å². The maximum atomic E-state index is 13.3. The van der Waals surface area contributed by atoms with Crippen molar-refractivity contribution in [1.29, 1.82) is 0 Å². The molecule has 59 heavy (non-hydrogen) atoms. The zero-order chi connectivity index (χ0) is 41.2. The van der Waals surface area contributed by atoms with E-state index in [9.17, 15) is 18.8 Å². The molecule has 304 valence electrons. The van der Waals surface area contributed by atoms with Crippen LogP contribution in [0, 0.1) is 5.95 Å². The highest BCUT2D eigenvalue weighted by Crippen LogP contribution is 2.47. The monoisotopic (exact) mass is 817 g/mol. The standard InChI is InChI=1S/C23H22FN5O.C21H23ClN4O3/c1-28-11-23(12-28)10-27-22(30)19-15-5-3-13-8-25-17(14-4-6-18(24)26-9-14)7-16(13)20(15)29(2)21(19)23;1-20(2,3)29-19(28)26-9-21(10-26)8-24-18(27)15-12-5-4-11-7-23-14(22)6-13(11)16(12)25-17(15)21/h4,6-9H,3,5,10-12H2,1-2H3,(H,27,30);6-7,25H,4-5,8-10H2,1-3H3,(H,24,27). The van der Waals surface area contributed by atoms with Gasteiger partial charge in [-0.25, -0.2) is 14.8 Å². The first-order valence-electron chi connectivity index (χ1n) is 20.1. The Balaban J connectivity index is 0.000000143. The van der Waals surface area contributed by atoms with Gasteiger partial charge in [0.2, 0.25) is 5.95 Å². The molecule has 5 aromatic heterocycles. The number of likely N-dealkylation sites (tertiary alicyclic amines) is 2. The van der Waals surface area contributed by atoms with Crippen molar-refractivity contribution in [2.45, 2.75) is 62.9 Å². The lowest BCUT2D eigenvalue weighted by Crippen LogP contribution is -2.67. The quantitative estimate of drug-likeness (QED) is 0.191. The number of rotatable bonds is 1. The van der Waals surface area contributed by atoms with Crippen molar-refractivity contribution in [1.82, 2.24) is 44.9 Å². The van der Waals surface area contributed by atoms with E-state index < -0.39 is 11.5 Å². The van der Waals surface area contributed by atoms with E-state index in [4.69, 9.17) is 16.3 Å². The molecular formula is C44H45ClFN9O4. The third kappa shape index (κ3) is 5.96. The Kier molecular flexibility index (Phi) is 8.43. The second kappa shape index (κ2) is 13.2. The summed E-state index contributed by atoms with van der Waals surface area (Å²) in [4.78, 5) is 58.2. The van der Waals surface area contributed by atoms with Crippen LogP contribution in [0.1, 0.15) is 75.1 Å². The molecule has 11 rings (SSSR count). The van der Waals surface area contributed by atoms with Gasteiger partial charge in [-0.15, -0.1) is 0 Å². The van der Waals surface area contributed by atoms with Crippen molar-refractivity contribution in [2.24, 2.45) is 7.05 Å². The summed E-state index contributed by atoms with van der Waals surface area (Å²) in [5, 5.41) is 6.61. The Morgan fingerprint density at radius 2 is 1.51 bits per heavy atom. The number of fused-ring (bicyclic) bond motifs is 12. The SMILES string of the molecule is CC(C)(C)OC(=O)N1CC2(CNC(=O)c3c2[nH]c2c3CCc3cnc(Cl)cc3-2)C1.CN1CC2(CNC(=O)c3c4c(n(C)c32)-c2cc(-c3ccc(F)nc3)ncc2CC4)C1. The van der Waals surface area contributed by atoms with Crippen LogP contribution < -0.4 is 10.6 Å². The number of likely N-dealkylation sites (N-methyl/N-ethyl adjacent to an activating group) is 1. The molecular weight excluding hydrogens is 773 g/mol. The summed E-state index contributed by atoms with van der Waals surface area (Å²) < 4.78 is 21.0. The van der Waals surface area contributed by atoms with E-state index in [0.29, 0.717) is 31.3 Å². The zero-order valence-electron chi connectivity index (χ0n) is 33.7. The fourth-order valence-corrected chi connectivity index (χ4v) is 10.5. The first-order valence-corrected chi connectivity index (χ1v) is 20.5. The van der Waals surface area contributed by atoms with Gasteiger partial charge >= 0.3 is 6.09 Å². The number of hydrogen-bond donors (Lipinski definition) is 3. The van der Waals surface area contributed by atoms with Gasteiger partial charge in [-0.1, -0.05) is 11.6 Å². The number of H-pyrrole nitrogens is 1. The molecule has 3 amide bonds. The third-order valence-corrected chi connectivity index (χ3v) is 13.0. The maximum Gasteiger partial charge on any atom is 0.410 e. The minimum absolute atomic E-state index is 0.0129. The molecule has 0 aromatic carbocycles. The number of carbonyl (C=O) groups is 3. The molecule has 3 N–H and O–H groups in total. The van der Waals surface area contributed by atoms with Crippen molar-refractivity contribution in [3.05, 3.63) is 98.7 Å². The van der Waals surface area contributed by atoms with Gasteiger partial charge in [0.1, 0.15) is 10.8 Å². The summed E-state index contributed by atoms with van der Waals surface area (Å²) in [6, 6.07) is 6.97. The second-order valence-corrected chi connectivity index (χ2v) is 18.4. The number of ether oxygens (including phenoxy) is 1. The second-order valence-electron chi connectivity index (χ2n) is 18.0. The number of halogens is 2. The molecule has 0 atom stereocenters. The van der Waals surface area contributed by atoms with Gasteiger partial charge in [0.15, 0.2) is 0 Å². The Hall–Kier alpha value is -5.60. The number of aryl methyl sites for hydroxylation is 2. The van der Waals surface area contributed by atoms with E-state index in [-0.39, 0.29) is 28.7 Å². The van der Waals surface area contributed by atoms with Crippen LogP contribution in [0.3, 0.4) is 0 Å². The van der Waals surface area contributed by atoms with Crippen molar-refractivity contribution < 1.29 is 23.5 Å². The highest BCUT2D eigenvalue weighted by Gasteiger charge is 2.54. The van der Waals surface area contributed by atoms with Gasteiger partial charge < -0.3 is 34.7 Å². The molecule has 4 aliphatic heterocycles. The summed E-state index contributed by atoms with van der Waals surface area (Å²) >= 11 is 6.14. The molecule has 5 aromatic rings. The van der Waals surface area contributed by atoms with Crippen LogP contribution in [0.4, 0.5) is 9.18 Å². The summed E-state index contributed by atoms with van der Waals surface area (Å²) in [5.41, 5.74) is 13.0. The molecule has 13 nitrogen and oxygen atoms in total. The van der Waals surface area contributed by atoms with Crippen LogP contribution in [0.15, 0.2) is 42.9 Å². The Bertz CT molecular complexity index is 2620. The number of nitrogens with one attached hydrogen (secondary N) is 3. The highest BCUT2D eigenvalue weighted by atomic mass is 35.5. The number of nitrogens with zero attached hydrogens (tertiary/aromatic N) is 6.